The summed E-state index contributed by atoms with van der Waals surface area (Å²) in [5, 5.41) is 17.6. The molecule has 8 aromatic rings. The fraction of sp³-hybridized carbons (Fsp3) is 0.319. The molecule has 8 heterocycles. The van der Waals surface area contributed by atoms with Crippen molar-refractivity contribution in [1.29, 1.82) is 0 Å². The zero-order chi connectivity index (χ0) is 44.2. The van der Waals surface area contributed by atoms with E-state index >= 15 is 0 Å². The van der Waals surface area contributed by atoms with E-state index in [1.807, 2.05) is 71.1 Å². The lowest BCUT2D eigenvalue weighted by Gasteiger charge is -2.33. The molecule has 5 aromatic heterocycles. The first-order valence-electron chi connectivity index (χ1n) is 22.1. The van der Waals surface area contributed by atoms with Gasteiger partial charge in [-0.3, -0.25) is 4.79 Å². The molecule has 3 aromatic carbocycles. The third kappa shape index (κ3) is 7.79. The molecule has 3 aliphatic heterocycles. The van der Waals surface area contributed by atoms with Crippen molar-refractivity contribution in [2.75, 3.05) is 48.7 Å². The number of likely N-dealkylation sites (tertiary alicyclic amines) is 1. The summed E-state index contributed by atoms with van der Waals surface area (Å²) in [6, 6.07) is 23.9. The van der Waals surface area contributed by atoms with E-state index in [9.17, 15) is 4.79 Å². The third-order valence-electron chi connectivity index (χ3n) is 12.9. The number of benzene rings is 3. The minimum absolute atomic E-state index is 0.119. The lowest BCUT2D eigenvalue weighted by Crippen LogP contribution is -2.42. The van der Waals surface area contributed by atoms with Gasteiger partial charge in [0.15, 0.2) is 11.3 Å². The molecule has 17 nitrogen and oxygen atoms in total. The van der Waals surface area contributed by atoms with E-state index < -0.39 is 0 Å². The summed E-state index contributed by atoms with van der Waals surface area (Å²) in [4.78, 5) is 42.6. The number of aromatic nitrogens is 10. The van der Waals surface area contributed by atoms with E-state index in [1.165, 1.54) is 19.2 Å². The maximum absolute atomic E-state index is 14.4. The average molecular weight is 935 g/mol. The van der Waals surface area contributed by atoms with Crippen LogP contribution in [-0.4, -0.2) is 98.5 Å². The summed E-state index contributed by atoms with van der Waals surface area (Å²) in [6.45, 7) is 10.8. The average Bonchev–Trinajstić information content (AvgIpc) is 4.12. The van der Waals surface area contributed by atoms with Gasteiger partial charge in [-0.05, 0) is 115 Å². The number of rotatable bonds is 11. The number of halogens is 1. The van der Waals surface area contributed by atoms with Gasteiger partial charge in [0.05, 0.1) is 46.2 Å². The van der Waals surface area contributed by atoms with Gasteiger partial charge in [0.2, 0.25) is 11.9 Å². The number of anilines is 3. The number of nitrogens with zero attached hydrogens (tertiary/aromatic N) is 12. The zero-order valence-electron chi connectivity index (χ0n) is 35.9. The molecular formula is C47H48BrN15O2. The topological polar surface area (TPSA) is 187 Å². The van der Waals surface area contributed by atoms with Gasteiger partial charge in [0.25, 0.3) is 5.91 Å². The van der Waals surface area contributed by atoms with E-state index in [4.69, 9.17) is 30.5 Å². The number of para-hydroxylation sites is 1. The second-order valence-electron chi connectivity index (χ2n) is 17.2. The van der Waals surface area contributed by atoms with Gasteiger partial charge in [0, 0.05) is 43.4 Å². The highest BCUT2D eigenvalue weighted by Gasteiger charge is 2.36. The van der Waals surface area contributed by atoms with Gasteiger partial charge in [-0.2, -0.15) is 24.7 Å². The minimum atomic E-state index is -0.152. The van der Waals surface area contributed by atoms with Crippen LogP contribution in [0.2, 0.25) is 0 Å². The lowest BCUT2D eigenvalue weighted by molar-refractivity contribution is -0.129. The molecule has 65 heavy (non-hydrogen) atoms. The van der Waals surface area contributed by atoms with E-state index in [0.29, 0.717) is 83.0 Å². The highest BCUT2D eigenvalue weighted by molar-refractivity contribution is 9.10. The van der Waals surface area contributed by atoms with Crippen LogP contribution in [0.1, 0.15) is 43.1 Å². The number of nitrogens with two attached hydrogens (primary N) is 1. The zero-order valence-corrected chi connectivity index (χ0v) is 37.5. The van der Waals surface area contributed by atoms with Gasteiger partial charge >= 0.3 is 0 Å². The van der Waals surface area contributed by atoms with Crippen LogP contribution in [-0.2, 0) is 17.9 Å². The molecule has 1 amide bonds. The Morgan fingerprint density at radius 1 is 0.969 bits per heavy atom. The first-order chi connectivity index (χ1) is 31.7. The number of piperidine rings is 2. The Kier molecular flexibility index (Phi) is 10.6. The van der Waals surface area contributed by atoms with Crippen LogP contribution < -0.4 is 26.0 Å². The smallest absolute Gasteiger partial charge is 0.251 e. The Morgan fingerprint density at radius 2 is 1.82 bits per heavy atom. The number of nitrogen functional groups attached to an aromatic ring is 1. The Bertz CT molecular complexity index is 3080. The normalized spacial score (nSPS) is 18.7. The highest BCUT2D eigenvalue weighted by atomic mass is 79.9. The number of hydrogen-bond donors (Lipinski definition) is 3. The van der Waals surface area contributed by atoms with Crippen molar-refractivity contribution in [3.8, 4) is 22.8 Å². The Hall–Kier alpha value is -6.92. The molecule has 18 heteroatoms. The molecule has 4 N–H and O–H groups in total. The van der Waals surface area contributed by atoms with Crippen LogP contribution in [0.25, 0.3) is 39.0 Å². The Labute approximate surface area is 382 Å². The molecule has 0 unspecified atom stereocenters. The van der Waals surface area contributed by atoms with Gasteiger partial charge in [-0.25, -0.2) is 19.6 Å². The molecule has 3 saturated heterocycles. The highest BCUT2D eigenvalue weighted by Crippen LogP contribution is 2.36. The van der Waals surface area contributed by atoms with Crippen LogP contribution in [0.3, 0.4) is 0 Å². The fourth-order valence-corrected chi connectivity index (χ4v) is 9.99. The van der Waals surface area contributed by atoms with Crippen molar-refractivity contribution < 1.29 is 9.53 Å². The third-order valence-corrected chi connectivity index (χ3v) is 13.4. The molecule has 330 valence electrons. The largest absolute Gasteiger partial charge is 0.457 e. The number of hydrogen-bond acceptors (Lipinski definition) is 13. The number of carbonyl (C=O) groups is 1. The predicted molar refractivity (Wildman–Crippen MR) is 253 cm³/mol. The summed E-state index contributed by atoms with van der Waals surface area (Å²) in [6.07, 6.45) is 7.18. The van der Waals surface area contributed by atoms with Crippen molar-refractivity contribution in [2.24, 2.45) is 5.92 Å². The monoisotopic (exact) mass is 933 g/mol. The Morgan fingerprint density at radius 3 is 2.66 bits per heavy atom. The molecule has 11 rings (SSSR count). The second-order valence-corrected chi connectivity index (χ2v) is 18.1. The number of ether oxygens (including phenoxy) is 1. The van der Waals surface area contributed by atoms with Crippen molar-refractivity contribution in [3.63, 3.8) is 0 Å². The fourth-order valence-electron chi connectivity index (χ4n) is 9.64. The van der Waals surface area contributed by atoms with E-state index in [2.05, 4.69) is 75.9 Å². The number of carbonyl (C=O) groups excluding carboxylic acids is 1. The van der Waals surface area contributed by atoms with E-state index in [-0.39, 0.29) is 18.5 Å². The molecule has 0 aliphatic carbocycles. The second kappa shape index (κ2) is 16.9. The van der Waals surface area contributed by atoms with Crippen molar-refractivity contribution >= 4 is 67.3 Å². The molecular weight excluding hydrogens is 887 g/mol. The van der Waals surface area contributed by atoms with Gasteiger partial charge in [-0.15, -0.1) is 0 Å². The van der Waals surface area contributed by atoms with E-state index in [0.717, 1.165) is 70.7 Å². The van der Waals surface area contributed by atoms with Crippen LogP contribution in [0, 0.1) is 12.8 Å². The van der Waals surface area contributed by atoms with E-state index in [1.54, 1.807) is 10.7 Å². The van der Waals surface area contributed by atoms with Gasteiger partial charge < -0.3 is 35.5 Å². The maximum Gasteiger partial charge on any atom is 0.251 e. The number of fused-ring (bicyclic) bond motifs is 4. The minimum Gasteiger partial charge on any atom is -0.457 e. The van der Waals surface area contributed by atoms with Gasteiger partial charge in [-0.1, -0.05) is 30.8 Å². The number of amides is 1. The SMILES string of the molecule is C=C(Cn1c(CNc2nc(N3C[C@@H]4CCCN[C@@H]4C3)nc3c(Br)cnn23)nc2cc(C)ccc21)C(=O)N1CCC[C@@H](n2nc(-c3ccc(Oc4ccccc4)cc3)c3c(N)ncnc32)C1. The quantitative estimate of drug-likeness (QED) is 0.113. The number of nitrogens with one attached hydrogen (secondary N) is 2. The standard InChI is InChI=1S/C47H48BrN15O2/c1-28-12-17-38-36(20-28)55-39(22-51-46-57-47(56-43-35(48)21-54-63(43)46)60-24-31-8-6-18-50-37(31)26-60)61(38)23-29(2)45(64)59-19-7-9-32(25-59)62-44-40(42(49)52-27-53-44)41(58-62)30-13-15-34(16-14-30)65-33-10-4-3-5-11-33/h3-5,10-17,20-21,27,31-32,37,50H,2,6-9,18-19,22-26H2,1H3,(H2,49,52,53)(H,51,56,57)/t31-,32+,37+/m0/s1. The van der Waals surface area contributed by atoms with Crippen molar-refractivity contribution in [1.82, 2.24) is 59.1 Å². The Balaban J connectivity index is 0.831. The predicted octanol–water partition coefficient (Wildman–Crippen LogP) is 6.95. The number of aryl methyl sites for hydroxylation is 1. The first kappa shape index (κ1) is 40.8. The van der Waals surface area contributed by atoms with Gasteiger partial charge in [0.1, 0.15) is 35.2 Å². The summed E-state index contributed by atoms with van der Waals surface area (Å²) in [5.41, 5.74) is 12.6. The number of imidazole rings is 1. The summed E-state index contributed by atoms with van der Waals surface area (Å²) in [5.74, 6) is 4.21. The van der Waals surface area contributed by atoms with Crippen molar-refractivity contribution in [2.45, 2.75) is 57.8 Å². The molecule has 0 saturated carbocycles. The summed E-state index contributed by atoms with van der Waals surface area (Å²) in [7, 11) is 0. The lowest BCUT2D eigenvalue weighted by atomic mass is 9.94. The van der Waals surface area contributed by atoms with Crippen LogP contribution in [0.15, 0.2) is 102 Å². The first-order valence-corrected chi connectivity index (χ1v) is 22.9. The molecule has 3 aliphatic rings. The summed E-state index contributed by atoms with van der Waals surface area (Å²) >= 11 is 3.65. The van der Waals surface area contributed by atoms with Crippen LogP contribution in [0.4, 0.5) is 17.7 Å². The molecule has 3 fully saturated rings. The molecule has 0 radical (unpaired) electrons. The summed E-state index contributed by atoms with van der Waals surface area (Å²) < 4.78 is 12.5. The maximum atomic E-state index is 14.4. The molecule has 0 bridgehead atoms. The van der Waals surface area contributed by atoms with Crippen molar-refractivity contribution in [3.05, 3.63) is 113 Å². The van der Waals surface area contributed by atoms with Crippen LogP contribution in [0.5, 0.6) is 11.5 Å². The van der Waals surface area contributed by atoms with Crippen LogP contribution >= 0.6 is 15.9 Å². The molecule has 3 atom stereocenters. The molecule has 0 spiro atoms.